The number of rotatable bonds is 2. The first kappa shape index (κ1) is 12.4. The van der Waals surface area contributed by atoms with Gasteiger partial charge in [-0.15, -0.1) is 22.7 Å². The Morgan fingerprint density at radius 3 is 2.67 bits per heavy atom. The maximum Gasteiger partial charge on any atom is 0.0740 e. The average Bonchev–Trinajstić information content (AvgIpc) is 2.90. The lowest BCUT2D eigenvalue weighted by Crippen LogP contribution is -2.08. The Labute approximate surface area is 117 Å². The summed E-state index contributed by atoms with van der Waals surface area (Å²) in [6, 6.07) is 6.79. The summed E-state index contributed by atoms with van der Waals surface area (Å²) in [5, 5.41) is 0. The third-order valence-corrected chi connectivity index (χ3v) is 6.04. The van der Waals surface area contributed by atoms with Crippen LogP contribution in [-0.2, 0) is 12.8 Å². The van der Waals surface area contributed by atoms with E-state index >= 15 is 0 Å². The molecule has 3 heteroatoms. The molecule has 0 aromatic carbocycles. The standard InChI is InChI=1S/C15H19NS2/c1-10-7-8-13(17-10)15(16)14-9-11-5-3-2-4-6-12(11)18-14/h7-9,15H,2-6,16H2,1H3. The van der Waals surface area contributed by atoms with Crippen molar-refractivity contribution in [3.63, 3.8) is 0 Å². The zero-order chi connectivity index (χ0) is 12.5. The van der Waals surface area contributed by atoms with Gasteiger partial charge in [-0.25, -0.2) is 0 Å². The van der Waals surface area contributed by atoms with Gasteiger partial charge in [0.2, 0.25) is 0 Å². The molecule has 0 spiro atoms. The molecule has 0 radical (unpaired) electrons. The molecule has 1 nitrogen and oxygen atoms in total. The van der Waals surface area contributed by atoms with Crippen LogP contribution < -0.4 is 5.73 Å². The second-order valence-electron chi connectivity index (χ2n) is 5.08. The van der Waals surface area contributed by atoms with E-state index in [1.165, 1.54) is 46.7 Å². The summed E-state index contributed by atoms with van der Waals surface area (Å²) >= 11 is 3.76. The zero-order valence-corrected chi connectivity index (χ0v) is 12.4. The summed E-state index contributed by atoms with van der Waals surface area (Å²) in [4.78, 5) is 5.58. The van der Waals surface area contributed by atoms with E-state index in [4.69, 9.17) is 5.73 Å². The van der Waals surface area contributed by atoms with Crippen molar-refractivity contribution < 1.29 is 0 Å². The first-order valence-electron chi connectivity index (χ1n) is 6.67. The predicted octanol–water partition coefficient (Wildman–Crippen LogP) is 4.44. The molecular weight excluding hydrogens is 258 g/mol. The lowest BCUT2D eigenvalue weighted by atomic mass is 10.1. The Kier molecular flexibility index (Phi) is 3.55. The van der Waals surface area contributed by atoms with Gasteiger partial charge in [0.05, 0.1) is 6.04 Å². The Bertz CT molecular complexity index is 515. The Morgan fingerprint density at radius 2 is 1.89 bits per heavy atom. The molecule has 0 bridgehead atoms. The van der Waals surface area contributed by atoms with Crippen molar-refractivity contribution in [3.05, 3.63) is 43.3 Å². The van der Waals surface area contributed by atoms with Crippen LogP contribution in [0.4, 0.5) is 0 Å². The van der Waals surface area contributed by atoms with Gasteiger partial charge in [-0.05, 0) is 56.4 Å². The third-order valence-electron chi connectivity index (χ3n) is 3.64. The van der Waals surface area contributed by atoms with Crippen LogP contribution in [0.2, 0.25) is 0 Å². The molecule has 1 aliphatic carbocycles. The molecule has 0 aliphatic heterocycles. The molecule has 0 fully saturated rings. The summed E-state index contributed by atoms with van der Waals surface area (Å²) < 4.78 is 0. The Balaban J connectivity index is 1.88. The highest BCUT2D eigenvalue weighted by Crippen LogP contribution is 2.35. The molecule has 1 atom stereocenters. The fourth-order valence-electron chi connectivity index (χ4n) is 2.60. The first-order valence-corrected chi connectivity index (χ1v) is 8.31. The zero-order valence-electron chi connectivity index (χ0n) is 10.7. The van der Waals surface area contributed by atoms with Crippen molar-refractivity contribution in [2.75, 3.05) is 0 Å². The van der Waals surface area contributed by atoms with Gasteiger partial charge in [0.15, 0.2) is 0 Å². The van der Waals surface area contributed by atoms with Gasteiger partial charge in [0, 0.05) is 19.5 Å². The highest BCUT2D eigenvalue weighted by Gasteiger charge is 2.18. The summed E-state index contributed by atoms with van der Waals surface area (Å²) in [7, 11) is 0. The molecule has 2 heterocycles. The van der Waals surface area contributed by atoms with E-state index in [0.29, 0.717) is 0 Å². The fourth-order valence-corrected chi connectivity index (χ4v) is 4.86. The lowest BCUT2D eigenvalue weighted by Gasteiger charge is -2.06. The number of hydrogen-bond acceptors (Lipinski definition) is 3. The SMILES string of the molecule is Cc1ccc(C(N)c2cc3c(s2)CCCCC3)s1. The quantitative estimate of drug-likeness (QED) is 0.807. The number of hydrogen-bond donors (Lipinski definition) is 1. The van der Waals surface area contributed by atoms with Gasteiger partial charge >= 0.3 is 0 Å². The van der Waals surface area contributed by atoms with Crippen LogP contribution in [-0.4, -0.2) is 0 Å². The third kappa shape index (κ3) is 2.40. The van der Waals surface area contributed by atoms with Crippen molar-refractivity contribution in [2.45, 2.75) is 45.1 Å². The van der Waals surface area contributed by atoms with Crippen LogP contribution in [0.5, 0.6) is 0 Å². The smallest absolute Gasteiger partial charge is 0.0740 e. The number of aryl methyl sites for hydroxylation is 3. The lowest BCUT2D eigenvalue weighted by molar-refractivity contribution is 0.712. The molecule has 18 heavy (non-hydrogen) atoms. The molecule has 0 saturated heterocycles. The molecule has 0 amide bonds. The summed E-state index contributed by atoms with van der Waals surface area (Å²) in [5.41, 5.74) is 7.97. The first-order chi connectivity index (χ1) is 8.74. The second kappa shape index (κ2) is 5.16. The molecule has 0 saturated carbocycles. The molecule has 1 unspecified atom stereocenters. The van der Waals surface area contributed by atoms with E-state index in [0.717, 1.165) is 0 Å². The molecule has 2 N–H and O–H groups in total. The summed E-state index contributed by atoms with van der Waals surface area (Å²) in [6.07, 6.45) is 6.59. The number of nitrogens with two attached hydrogens (primary N) is 1. The van der Waals surface area contributed by atoms with Crippen LogP contribution in [0.1, 0.15) is 50.4 Å². The fraction of sp³-hybridized carbons (Fsp3) is 0.467. The summed E-state index contributed by atoms with van der Waals surface area (Å²) in [6.45, 7) is 2.14. The van der Waals surface area contributed by atoms with Crippen LogP contribution >= 0.6 is 22.7 Å². The topological polar surface area (TPSA) is 26.0 Å². The van der Waals surface area contributed by atoms with E-state index in [2.05, 4.69) is 25.1 Å². The molecule has 1 aliphatic rings. The van der Waals surface area contributed by atoms with Crippen LogP contribution in [0, 0.1) is 6.92 Å². The van der Waals surface area contributed by atoms with Gasteiger partial charge in [-0.2, -0.15) is 0 Å². The van der Waals surface area contributed by atoms with E-state index < -0.39 is 0 Å². The van der Waals surface area contributed by atoms with Gasteiger partial charge in [0.1, 0.15) is 0 Å². The highest BCUT2D eigenvalue weighted by atomic mass is 32.1. The van der Waals surface area contributed by atoms with E-state index in [1.807, 2.05) is 22.7 Å². The minimum Gasteiger partial charge on any atom is -0.319 e. The normalized spacial score (nSPS) is 17.2. The molecule has 96 valence electrons. The van der Waals surface area contributed by atoms with Crippen LogP contribution in [0.15, 0.2) is 18.2 Å². The average molecular weight is 277 g/mol. The number of fused-ring (bicyclic) bond motifs is 1. The number of thiophene rings is 2. The maximum atomic E-state index is 6.40. The van der Waals surface area contributed by atoms with E-state index in [9.17, 15) is 0 Å². The minimum atomic E-state index is 0.0839. The van der Waals surface area contributed by atoms with Crippen molar-refractivity contribution in [1.82, 2.24) is 0 Å². The molecule has 2 aromatic rings. The van der Waals surface area contributed by atoms with Crippen LogP contribution in [0.3, 0.4) is 0 Å². The maximum absolute atomic E-state index is 6.40. The largest absolute Gasteiger partial charge is 0.319 e. The summed E-state index contributed by atoms with van der Waals surface area (Å²) in [5.74, 6) is 0. The van der Waals surface area contributed by atoms with E-state index in [1.54, 1.807) is 10.4 Å². The molecular formula is C15H19NS2. The van der Waals surface area contributed by atoms with Crippen molar-refractivity contribution in [2.24, 2.45) is 5.73 Å². The van der Waals surface area contributed by atoms with E-state index in [-0.39, 0.29) is 6.04 Å². The van der Waals surface area contributed by atoms with Crippen LogP contribution in [0.25, 0.3) is 0 Å². The minimum absolute atomic E-state index is 0.0839. The van der Waals surface area contributed by atoms with Crippen molar-refractivity contribution in [1.29, 1.82) is 0 Å². The second-order valence-corrected chi connectivity index (χ2v) is 7.57. The monoisotopic (exact) mass is 277 g/mol. The molecule has 3 rings (SSSR count). The Hall–Kier alpha value is -0.640. The van der Waals surface area contributed by atoms with Gasteiger partial charge in [0.25, 0.3) is 0 Å². The van der Waals surface area contributed by atoms with Gasteiger partial charge in [-0.1, -0.05) is 6.42 Å². The predicted molar refractivity (Wildman–Crippen MR) is 80.7 cm³/mol. The molecule has 2 aromatic heterocycles. The van der Waals surface area contributed by atoms with Crippen molar-refractivity contribution >= 4 is 22.7 Å². The van der Waals surface area contributed by atoms with Crippen molar-refractivity contribution in [3.8, 4) is 0 Å². The Morgan fingerprint density at radius 1 is 1.06 bits per heavy atom. The highest BCUT2D eigenvalue weighted by molar-refractivity contribution is 7.13. The van der Waals surface area contributed by atoms with Gasteiger partial charge < -0.3 is 5.73 Å². The van der Waals surface area contributed by atoms with Gasteiger partial charge in [-0.3, -0.25) is 0 Å².